The SMILES string of the molecule is O=[PH](OCCCNCc1ccc(SCCCCC2(c3ccc(F)cc3)COC2)c(C(F)(F)F)c1)OCCCNCc1ccc(SCCCCC2(c3ccc(F)cc3)COC2)c(C(F)(F)F)c1. The summed E-state index contributed by atoms with van der Waals surface area (Å²) in [4.78, 5) is 0.358. The maximum absolute atomic E-state index is 14.0. The van der Waals surface area contributed by atoms with Gasteiger partial charge in [-0.05, 0) is 134 Å². The van der Waals surface area contributed by atoms with E-state index in [1.54, 1.807) is 36.4 Å². The van der Waals surface area contributed by atoms with E-state index in [-0.39, 0.29) is 58.6 Å². The number of nitrogens with one attached hydrogen (secondary N) is 2. The van der Waals surface area contributed by atoms with Crippen molar-refractivity contribution in [2.45, 2.75) is 97.4 Å². The molecule has 2 heterocycles. The third-order valence-corrected chi connectivity index (χ3v) is 15.0. The monoisotopic (exact) mass is 988 g/mol. The number of alkyl halides is 6. The molecule has 0 aromatic heterocycles. The molecule has 2 fully saturated rings. The van der Waals surface area contributed by atoms with Gasteiger partial charge in [0, 0.05) is 33.7 Å². The molecular weight excluding hydrogens is 932 g/mol. The zero-order valence-electron chi connectivity index (χ0n) is 36.6. The van der Waals surface area contributed by atoms with Crippen molar-refractivity contribution in [3.63, 3.8) is 0 Å². The third kappa shape index (κ3) is 15.5. The molecule has 0 unspecified atom stereocenters. The summed E-state index contributed by atoms with van der Waals surface area (Å²) in [6, 6.07) is 21.5. The minimum atomic E-state index is -4.51. The van der Waals surface area contributed by atoms with Crippen LogP contribution in [0.4, 0.5) is 35.1 Å². The smallest absolute Gasteiger partial charge is 0.379 e. The highest BCUT2D eigenvalue weighted by molar-refractivity contribution is 7.99. The van der Waals surface area contributed by atoms with E-state index in [0.29, 0.717) is 75.0 Å². The molecule has 0 bridgehead atoms. The number of halogens is 8. The van der Waals surface area contributed by atoms with Gasteiger partial charge < -0.3 is 29.2 Å². The average Bonchev–Trinajstić information content (AvgIpc) is 3.25. The number of unbranched alkanes of at least 4 members (excludes halogenated alkanes) is 2. The quantitative estimate of drug-likeness (QED) is 0.0250. The molecule has 0 atom stereocenters. The predicted molar refractivity (Wildman–Crippen MR) is 243 cm³/mol. The predicted octanol–water partition coefficient (Wildman–Crippen LogP) is 12.5. The van der Waals surface area contributed by atoms with Gasteiger partial charge in [-0.3, -0.25) is 4.57 Å². The van der Waals surface area contributed by atoms with E-state index in [1.165, 1.54) is 72.1 Å². The fraction of sp³-hybridized carbons (Fsp3) is 0.500. The van der Waals surface area contributed by atoms with Crippen LogP contribution >= 0.6 is 31.8 Å². The molecule has 7 nitrogen and oxygen atoms in total. The van der Waals surface area contributed by atoms with Crippen LogP contribution in [0.5, 0.6) is 0 Å². The zero-order valence-corrected chi connectivity index (χ0v) is 39.2. The Morgan fingerprint density at radius 3 is 1.30 bits per heavy atom. The highest BCUT2D eigenvalue weighted by Crippen LogP contribution is 2.42. The van der Waals surface area contributed by atoms with E-state index in [4.69, 9.17) is 18.5 Å². The Bertz CT molecular complexity index is 1990. The van der Waals surface area contributed by atoms with E-state index in [2.05, 4.69) is 10.6 Å². The van der Waals surface area contributed by atoms with Crippen molar-refractivity contribution in [1.82, 2.24) is 10.6 Å². The van der Waals surface area contributed by atoms with Crippen molar-refractivity contribution in [3.05, 3.63) is 130 Å². The molecule has 4 aromatic carbocycles. The first-order valence-electron chi connectivity index (χ1n) is 22.2. The maximum atomic E-state index is 14.0. The van der Waals surface area contributed by atoms with Gasteiger partial charge >= 0.3 is 20.6 Å². The first-order chi connectivity index (χ1) is 31.7. The molecule has 0 spiro atoms. The number of hydrogen-bond donors (Lipinski definition) is 2. The van der Waals surface area contributed by atoms with Gasteiger partial charge in [0.15, 0.2) is 0 Å². The third-order valence-electron chi connectivity index (χ3n) is 11.8. The van der Waals surface area contributed by atoms with Crippen molar-refractivity contribution >= 4 is 31.8 Å². The summed E-state index contributed by atoms with van der Waals surface area (Å²) >= 11 is 2.37. The molecule has 2 aliphatic heterocycles. The number of ether oxygens (including phenoxy) is 2. The molecule has 2 N–H and O–H groups in total. The van der Waals surface area contributed by atoms with Crippen LogP contribution in [0.3, 0.4) is 0 Å². The Kier molecular flexibility index (Phi) is 19.9. The summed E-state index contributed by atoms with van der Waals surface area (Å²) in [6.45, 7) is 3.67. The summed E-state index contributed by atoms with van der Waals surface area (Å²) < 4.78 is 145. The summed E-state index contributed by atoms with van der Waals surface area (Å²) in [5.41, 5.74) is 1.31. The van der Waals surface area contributed by atoms with Gasteiger partial charge in [-0.25, -0.2) is 8.78 Å². The number of rotatable bonds is 28. The Morgan fingerprint density at radius 1 is 0.561 bits per heavy atom. The maximum Gasteiger partial charge on any atom is 0.417 e. The van der Waals surface area contributed by atoms with Crippen molar-refractivity contribution in [3.8, 4) is 0 Å². The topological polar surface area (TPSA) is 78.1 Å². The largest absolute Gasteiger partial charge is 0.417 e. The van der Waals surface area contributed by atoms with Crippen molar-refractivity contribution in [2.24, 2.45) is 0 Å². The minimum Gasteiger partial charge on any atom is -0.379 e. The average molecular weight is 989 g/mol. The van der Waals surface area contributed by atoms with Crippen molar-refractivity contribution in [1.29, 1.82) is 0 Å². The van der Waals surface area contributed by atoms with Crippen LogP contribution in [0, 0.1) is 11.6 Å². The number of hydrogen-bond acceptors (Lipinski definition) is 9. The summed E-state index contributed by atoms with van der Waals surface area (Å²) in [5, 5.41) is 6.19. The lowest BCUT2D eigenvalue weighted by Gasteiger charge is -2.42. The van der Waals surface area contributed by atoms with Gasteiger partial charge in [-0.15, -0.1) is 23.5 Å². The molecule has 0 amide bonds. The first-order valence-corrected chi connectivity index (χ1v) is 25.4. The van der Waals surface area contributed by atoms with Gasteiger partial charge in [-0.1, -0.05) is 49.2 Å². The van der Waals surface area contributed by atoms with Crippen molar-refractivity contribution < 1.29 is 58.2 Å². The molecule has 362 valence electrons. The Hall–Kier alpha value is -2.99. The first kappa shape index (κ1) is 52.4. The molecule has 0 radical (unpaired) electrons. The highest BCUT2D eigenvalue weighted by Gasteiger charge is 2.41. The lowest BCUT2D eigenvalue weighted by molar-refractivity contribution is -0.140. The summed E-state index contributed by atoms with van der Waals surface area (Å²) in [5.74, 6) is 0.449. The van der Waals surface area contributed by atoms with Crippen molar-refractivity contribution in [2.75, 3.05) is 64.2 Å². The van der Waals surface area contributed by atoms with Crippen LogP contribution in [0.1, 0.15) is 84.7 Å². The molecular formula is C48H57F8N2O5PS2. The van der Waals surface area contributed by atoms with Crippen LogP contribution in [-0.4, -0.2) is 64.2 Å². The van der Waals surface area contributed by atoms with Crippen LogP contribution in [0.25, 0.3) is 0 Å². The lowest BCUT2D eigenvalue weighted by Crippen LogP contribution is -2.46. The van der Waals surface area contributed by atoms with Crippen LogP contribution < -0.4 is 10.6 Å². The van der Waals surface area contributed by atoms with Crippen LogP contribution in [0.15, 0.2) is 94.7 Å². The second-order valence-electron chi connectivity index (χ2n) is 16.8. The highest BCUT2D eigenvalue weighted by atomic mass is 32.2. The van der Waals surface area contributed by atoms with Crippen LogP contribution in [-0.2, 0) is 59.4 Å². The zero-order chi connectivity index (χ0) is 47.0. The lowest BCUT2D eigenvalue weighted by atomic mass is 9.75. The van der Waals surface area contributed by atoms with E-state index in [9.17, 15) is 39.7 Å². The Labute approximate surface area is 390 Å². The fourth-order valence-corrected chi connectivity index (χ4v) is 10.8. The minimum absolute atomic E-state index is 0.119. The van der Waals surface area contributed by atoms with E-state index in [1.807, 2.05) is 0 Å². The van der Waals surface area contributed by atoms with Crippen LogP contribution in [0.2, 0.25) is 0 Å². The van der Waals surface area contributed by atoms with Gasteiger partial charge in [0.05, 0.1) is 50.8 Å². The standard InChI is InChI=1S/C48H57F8N2O5PS2/c49-39-13-9-37(10-14-39)45(31-60-32-45)19-1-3-25-65-43-17-7-35(27-41(43)47(51,52)53)29-57-21-5-23-62-64(59)63-24-6-22-58-30-36-8-18-44(42(28-36)48(54,55)56)66-26-4-2-20-46(33-61-34-46)38-11-15-40(50)16-12-38/h7-18,27-28,57-58,64H,1-6,19-26,29-34H2. The molecule has 0 aliphatic carbocycles. The van der Waals surface area contributed by atoms with Gasteiger partial charge in [0.25, 0.3) is 0 Å². The van der Waals surface area contributed by atoms with E-state index < -0.39 is 31.7 Å². The normalized spacial score (nSPS) is 15.8. The molecule has 2 saturated heterocycles. The molecule has 18 heteroatoms. The van der Waals surface area contributed by atoms with E-state index in [0.717, 1.165) is 49.7 Å². The molecule has 2 aliphatic rings. The second-order valence-corrected chi connectivity index (χ2v) is 20.2. The molecule has 4 aromatic rings. The number of thioether (sulfide) groups is 2. The molecule has 6 rings (SSSR count). The van der Waals surface area contributed by atoms with Gasteiger partial charge in [0.2, 0.25) is 0 Å². The van der Waals surface area contributed by atoms with Gasteiger partial charge in [0.1, 0.15) is 11.6 Å². The van der Waals surface area contributed by atoms with E-state index >= 15 is 0 Å². The molecule has 66 heavy (non-hydrogen) atoms. The Balaban J connectivity index is 0.804. The summed E-state index contributed by atoms with van der Waals surface area (Å²) in [7, 11) is -2.78. The fourth-order valence-electron chi connectivity index (χ4n) is 7.99. The van der Waals surface area contributed by atoms with Gasteiger partial charge in [-0.2, -0.15) is 26.3 Å². The summed E-state index contributed by atoms with van der Waals surface area (Å²) in [6.07, 6.45) is -3.44. The Morgan fingerprint density at radius 2 is 0.955 bits per heavy atom. The molecule has 0 saturated carbocycles. The second kappa shape index (κ2) is 25.0. The number of benzene rings is 4.